The van der Waals surface area contributed by atoms with Crippen molar-refractivity contribution in [3.8, 4) is 22.3 Å². The summed E-state index contributed by atoms with van der Waals surface area (Å²) in [7, 11) is 0. The van der Waals surface area contributed by atoms with Crippen molar-refractivity contribution in [1.82, 2.24) is 0 Å². The molecule has 0 atom stereocenters. The SMILES string of the molecule is c1ccc(-c2ccc3sc4ccc(N(c5ccc6sc7ccccc7c6c5)c5cccc6c5oc5c(-c7ccccc7)cccc56)cc4c3c2)cc1. The first-order chi connectivity index (χ1) is 25.8. The fourth-order valence-corrected chi connectivity index (χ4v) is 9.97. The summed E-state index contributed by atoms with van der Waals surface area (Å²) in [4.78, 5) is 2.39. The fraction of sp³-hybridized carbons (Fsp3) is 0. The Morgan fingerprint density at radius 3 is 1.62 bits per heavy atom. The molecule has 0 fully saturated rings. The smallest absolute Gasteiger partial charge is 0.159 e. The third-order valence-electron chi connectivity index (χ3n) is 10.3. The van der Waals surface area contributed by atoms with Crippen molar-refractivity contribution in [3.63, 3.8) is 0 Å². The van der Waals surface area contributed by atoms with Crippen LogP contribution < -0.4 is 4.90 Å². The van der Waals surface area contributed by atoms with Gasteiger partial charge in [0.2, 0.25) is 0 Å². The lowest BCUT2D eigenvalue weighted by atomic mass is 10.0. The molecule has 0 aliphatic rings. The Bertz CT molecular complexity index is 3130. The Hall–Kier alpha value is -6.20. The highest BCUT2D eigenvalue weighted by molar-refractivity contribution is 7.26. The van der Waals surface area contributed by atoms with Crippen LogP contribution in [0.5, 0.6) is 0 Å². The minimum atomic E-state index is 0.873. The highest BCUT2D eigenvalue weighted by atomic mass is 32.1. The average molecular weight is 700 g/mol. The largest absolute Gasteiger partial charge is 0.453 e. The van der Waals surface area contributed by atoms with Crippen molar-refractivity contribution in [2.24, 2.45) is 0 Å². The second-order valence-electron chi connectivity index (χ2n) is 13.3. The number of benzene rings is 8. The van der Waals surface area contributed by atoms with Crippen LogP contribution >= 0.6 is 22.7 Å². The van der Waals surface area contributed by atoms with Crippen LogP contribution in [0.2, 0.25) is 0 Å². The molecule has 4 heteroatoms. The maximum atomic E-state index is 7.01. The Morgan fingerprint density at radius 2 is 0.885 bits per heavy atom. The third kappa shape index (κ3) is 4.62. The van der Waals surface area contributed by atoms with Crippen molar-refractivity contribution in [2.45, 2.75) is 0 Å². The number of fused-ring (bicyclic) bond motifs is 9. The van der Waals surface area contributed by atoms with E-state index < -0.39 is 0 Å². The van der Waals surface area contributed by atoms with E-state index in [1.54, 1.807) is 0 Å². The summed E-state index contributed by atoms with van der Waals surface area (Å²) in [5.41, 5.74) is 9.67. The Labute approximate surface area is 308 Å². The Balaban J connectivity index is 1.17. The van der Waals surface area contributed by atoms with Gasteiger partial charge in [-0.25, -0.2) is 0 Å². The van der Waals surface area contributed by atoms with Gasteiger partial charge >= 0.3 is 0 Å². The molecule has 0 saturated heterocycles. The second kappa shape index (κ2) is 11.7. The minimum absolute atomic E-state index is 0.873. The van der Waals surface area contributed by atoms with E-state index in [2.05, 4.69) is 181 Å². The van der Waals surface area contributed by atoms with Crippen LogP contribution in [-0.2, 0) is 0 Å². The van der Waals surface area contributed by atoms with E-state index >= 15 is 0 Å². The molecule has 0 aliphatic heterocycles. The zero-order valence-corrected chi connectivity index (χ0v) is 29.5. The molecule has 0 saturated carbocycles. The van der Waals surface area contributed by atoms with Gasteiger partial charge in [-0.05, 0) is 77.4 Å². The zero-order valence-electron chi connectivity index (χ0n) is 27.9. The van der Waals surface area contributed by atoms with Crippen molar-refractivity contribution in [1.29, 1.82) is 0 Å². The Morgan fingerprint density at radius 1 is 0.346 bits per heavy atom. The van der Waals surface area contributed by atoms with Crippen molar-refractivity contribution < 1.29 is 4.42 Å². The predicted molar refractivity (Wildman–Crippen MR) is 225 cm³/mol. The number of nitrogens with zero attached hydrogens (tertiary/aromatic N) is 1. The van der Waals surface area contributed by atoms with Gasteiger partial charge in [-0.3, -0.25) is 0 Å². The number of hydrogen-bond donors (Lipinski definition) is 0. The number of thiophene rings is 2. The first-order valence-corrected chi connectivity index (χ1v) is 19.1. The molecule has 2 nitrogen and oxygen atoms in total. The van der Waals surface area contributed by atoms with E-state index in [0.29, 0.717) is 0 Å². The lowest BCUT2D eigenvalue weighted by Gasteiger charge is -2.26. The predicted octanol–water partition coefficient (Wildman–Crippen LogP) is 15.1. The summed E-state index contributed by atoms with van der Waals surface area (Å²) in [6.07, 6.45) is 0. The summed E-state index contributed by atoms with van der Waals surface area (Å²) in [5, 5.41) is 7.30. The van der Waals surface area contributed by atoms with Gasteiger partial charge in [-0.15, -0.1) is 22.7 Å². The molecule has 244 valence electrons. The highest BCUT2D eigenvalue weighted by Crippen LogP contribution is 2.47. The van der Waals surface area contributed by atoms with Gasteiger partial charge in [-0.1, -0.05) is 115 Å². The zero-order chi connectivity index (χ0) is 34.2. The van der Waals surface area contributed by atoms with Crippen LogP contribution in [0.15, 0.2) is 180 Å². The van der Waals surface area contributed by atoms with Crippen molar-refractivity contribution >= 4 is 102 Å². The second-order valence-corrected chi connectivity index (χ2v) is 15.4. The molecule has 0 N–H and O–H groups in total. The number of furan rings is 1. The monoisotopic (exact) mass is 699 g/mol. The fourth-order valence-electron chi connectivity index (χ4n) is 7.82. The first kappa shape index (κ1) is 29.5. The van der Waals surface area contributed by atoms with Crippen LogP contribution in [0.3, 0.4) is 0 Å². The molecule has 8 aromatic carbocycles. The van der Waals surface area contributed by atoms with E-state index in [1.807, 2.05) is 22.7 Å². The van der Waals surface area contributed by atoms with Crippen LogP contribution in [0, 0.1) is 0 Å². The molecule has 11 rings (SSSR count). The van der Waals surface area contributed by atoms with Gasteiger partial charge in [0.15, 0.2) is 5.58 Å². The van der Waals surface area contributed by atoms with Gasteiger partial charge in [0, 0.05) is 68.1 Å². The van der Waals surface area contributed by atoms with Crippen molar-refractivity contribution in [2.75, 3.05) is 4.90 Å². The maximum absolute atomic E-state index is 7.01. The van der Waals surface area contributed by atoms with Crippen molar-refractivity contribution in [3.05, 3.63) is 176 Å². The van der Waals surface area contributed by atoms with E-state index in [1.165, 1.54) is 51.5 Å². The number of anilines is 3. The van der Waals surface area contributed by atoms with Gasteiger partial charge in [0.05, 0.1) is 5.69 Å². The van der Waals surface area contributed by atoms with Gasteiger partial charge in [0.25, 0.3) is 0 Å². The summed E-state index contributed by atoms with van der Waals surface area (Å²) in [5.74, 6) is 0. The summed E-state index contributed by atoms with van der Waals surface area (Å²) in [6, 6.07) is 63.6. The third-order valence-corrected chi connectivity index (χ3v) is 12.6. The van der Waals surface area contributed by atoms with E-state index in [4.69, 9.17) is 4.42 Å². The van der Waals surface area contributed by atoms with E-state index in [-0.39, 0.29) is 0 Å². The topological polar surface area (TPSA) is 16.4 Å². The molecular weight excluding hydrogens is 671 g/mol. The summed E-state index contributed by atoms with van der Waals surface area (Å²) in [6.45, 7) is 0. The molecule has 0 unspecified atom stereocenters. The molecule has 52 heavy (non-hydrogen) atoms. The quantitative estimate of drug-likeness (QED) is 0.178. The lowest BCUT2D eigenvalue weighted by molar-refractivity contribution is 0.670. The first-order valence-electron chi connectivity index (χ1n) is 17.5. The maximum Gasteiger partial charge on any atom is 0.159 e. The standard InChI is InChI=1S/C48H29NOS2/c1-3-11-30(12-4-1)32-21-24-44-39(27-32)41-29-34(23-26-46(41)52-44)49(33-22-25-45-40(28-33)36-15-7-8-20-43(36)51-45)42-19-10-18-38-37-17-9-16-35(47(37)50-48(38)42)31-13-5-2-6-14-31/h1-29H. The molecular formula is C48H29NOS2. The van der Waals surface area contributed by atoms with Crippen LogP contribution in [-0.4, -0.2) is 0 Å². The number of rotatable bonds is 5. The van der Waals surface area contributed by atoms with Gasteiger partial charge in [0.1, 0.15) is 5.58 Å². The van der Waals surface area contributed by atoms with Gasteiger partial charge in [-0.2, -0.15) is 0 Å². The number of hydrogen-bond acceptors (Lipinski definition) is 4. The van der Waals surface area contributed by atoms with Gasteiger partial charge < -0.3 is 9.32 Å². The molecule has 11 aromatic rings. The molecule has 0 amide bonds. The van der Waals surface area contributed by atoms with E-state index in [9.17, 15) is 0 Å². The lowest BCUT2D eigenvalue weighted by Crippen LogP contribution is -2.10. The Kier molecular flexibility index (Phi) is 6.63. The van der Waals surface area contributed by atoms with Crippen LogP contribution in [0.4, 0.5) is 17.1 Å². The summed E-state index contributed by atoms with van der Waals surface area (Å²) < 4.78 is 12.2. The summed E-state index contributed by atoms with van der Waals surface area (Å²) >= 11 is 3.70. The molecule has 3 heterocycles. The van der Waals surface area contributed by atoms with Crippen LogP contribution in [0.1, 0.15) is 0 Å². The molecule has 0 aliphatic carbocycles. The normalized spacial score (nSPS) is 11.8. The van der Waals surface area contributed by atoms with Crippen LogP contribution in [0.25, 0.3) is 84.5 Å². The highest BCUT2D eigenvalue weighted by Gasteiger charge is 2.22. The molecule has 3 aromatic heterocycles. The van der Waals surface area contributed by atoms with E-state index in [0.717, 1.165) is 50.1 Å². The molecule has 0 bridgehead atoms. The molecule has 0 radical (unpaired) electrons. The average Bonchev–Trinajstić information content (AvgIpc) is 3.90. The molecule has 0 spiro atoms. The minimum Gasteiger partial charge on any atom is -0.453 e. The number of para-hydroxylation sites is 2.